The van der Waals surface area contributed by atoms with Gasteiger partial charge in [-0.05, 0) is 159 Å². The topological polar surface area (TPSA) is 243 Å². The Hall–Kier alpha value is -5.68. The fourth-order valence-corrected chi connectivity index (χ4v) is 19.2. The zero-order chi connectivity index (χ0) is 51.7. The molecule has 15 heteroatoms. The standard InChI is InChI=1S/C61H65N5O10/c1-30-18-34-43(38(67)19-30)49(70)45-39-20-32-31(44(45)48(34)69)8-17-63-53(32)64-26-42(68)59-28-56(11-4-5-12-56)23-36(59)33-21-40(58(13-6-7-14-58)41-25-62-29-65-41)66-47(33)35-22-60(75-39)51(72)50(71)52(73)61(76-60)46(35)37(59)24-57(54(61)74)16-15-55(27-57)9-2-3-10-55/h8,17-22,25,29,36,42,50-52,54,66-68,71-74H,2-7,9-16,23-24,26-28H2,1H3,(H,62,65)(H,63,64)/t36-,42-,50+,51+,52-,54+,57+,59-,60+,61-/m0/s1. The Morgan fingerprint density at radius 2 is 1.54 bits per heavy atom. The Morgan fingerprint density at radius 1 is 0.776 bits per heavy atom. The number of ketones is 2. The number of imidazole rings is 1. The van der Waals surface area contributed by atoms with Gasteiger partial charge in [0, 0.05) is 68.9 Å². The molecule has 9 N–H and O–H groups in total. The number of carbonyl (C=O) groups is 2. The lowest BCUT2D eigenvalue weighted by atomic mass is 9.50. The van der Waals surface area contributed by atoms with E-state index < -0.39 is 69.7 Å². The number of aliphatic hydroxyl groups is 5. The molecule has 2 aromatic carbocycles. The number of phenols is 1. The van der Waals surface area contributed by atoms with Crippen molar-refractivity contribution in [3.05, 3.63) is 117 Å². The van der Waals surface area contributed by atoms with Crippen molar-refractivity contribution < 1.29 is 49.7 Å². The highest BCUT2D eigenvalue weighted by Crippen LogP contribution is 2.76. The van der Waals surface area contributed by atoms with Crippen LogP contribution in [0.4, 0.5) is 5.82 Å². The molecule has 12 aliphatic rings. The predicted octanol–water partition coefficient (Wildman–Crippen LogP) is 7.98. The van der Waals surface area contributed by atoms with E-state index in [9.17, 15) is 30.6 Å². The van der Waals surface area contributed by atoms with Crippen LogP contribution in [0.3, 0.4) is 0 Å². The van der Waals surface area contributed by atoms with Crippen molar-refractivity contribution in [3.63, 3.8) is 0 Å². The third-order valence-corrected chi connectivity index (χ3v) is 22.4. The number of benzene rings is 2. The maximum atomic E-state index is 15.3. The summed E-state index contributed by atoms with van der Waals surface area (Å²) in [4.78, 5) is 47.4. The number of pyridine rings is 1. The maximum absolute atomic E-state index is 15.3. The zero-order valence-corrected chi connectivity index (χ0v) is 42.8. The molecular weight excluding hydrogens is 963 g/mol. The van der Waals surface area contributed by atoms with Crippen LogP contribution in [0.1, 0.15) is 182 Å². The van der Waals surface area contributed by atoms with Gasteiger partial charge in [0.05, 0.1) is 35.1 Å². The fourth-order valence-electron chi connectivity index (χ4n) is 19.2. The predicted molar refractivity (Wildman–Crippen MR) is 278 cm³/mol. The molecule has 7 heterocycles. The second-order valence-corrected chi connectivity index (χ2v) is 25.9. The molecule has 6 fully saturated rings. The SMILES string of the molecule is Cc1cc(O)c2c(c1)C(=O)c1c(c3cc4c(nccc14)NC[C@H](O)[C@@]14CC5(CCCC5)C[C@H]1c1cc(C5(c6cnc[nH]6)CCCC5)[nH]c1C1=C[C@@]5(O3)O[C@@]3(C1=C4C[C@@]1(CCC4(CCCC4)C1)[C@H]3O)[C@@H](O)[C@H](O)[C@H]5O)C2=O. The minimum Gasteiger partial charge on any atom is -0.507 e. The van der Waals surface area contributed by atoms with Gasteiger partial charge in [-0.3, -0.25) is 9.59 Å². The highest BCUT2D eigenvalue weighted by Gasteiger charge is 2.77. The molecule has 6 spiro atoms. The first-order chi connectivity index (χ1) is 36.6. The maximum Gasteiger partial charge on any atom is 0.261 e. The molecule has 1 saturated heterocycles. The number of carbonyl (C=O) groups excluding carboxylic acids is 2. The number of aryl methyl sites for hydroxylation is 1. The number of hydrogen-bond acceptors (Lipinski definition) is 13. The molecule has 3 aromatic heterocycles. The molecule has 0 radical (unpaired) electrons. The molecule has 0 unspecified atom stereocenters. The summed E-state index contributed by atoms with van der Waals surface area (Å²) in [5.74, 6) is -4.20. The van der Waals surface area contributed by atoms with E-state index in [0.29, 0.717) is 64.7 Å². The van der Waals surface area contributed by atoms with Crippen molar-refractivity contribution in [1.82, 2.24) is 19.9 Å². The summed E-state index contributed by atoms with van der Waals surface area (Å²) in [5, 5.41) is 83.3. The van der Waals surface area contributed by atoms with Crippen LogP contribution in [0.2, 0.25) is 0 Å². The van der Waals surface area contributed by atoms with Crippen LogP contribution >= 0.6 is 0 Å². The Morgan fingerprint density at radius 3 is 2.30 bits per heavy atom. The van der Waals surface area contributed by atoms with E-state index in [1.165, 1.54) is 6.07 Å². The number of aromatic amines is 2. The van der Waals surface area contributed by atoms with E-state index >= 15 is 9.59 Å². The van der Waals surface area contributed by atoms with Crippen LogP contribution in [0.25, 0.3) is 16.3 Å². The number of ether oxygens (including phenoxy) is 2. The van der Waals surface area contributed by atoms with Crippen molar-refractivity contribution in [3.8, 4) is 11.5 Å². The summed E-state index contributed by atoms with van der Waals surface area (Å²) >= 11 is 0. The monoisotopic (exact) mass is 1030 g/mol. The number of aliphatic hydroxyl groups excluding tert-OH is 5. The van der Waals surface area contributed by atoms with Crippen LogP contribution < -0.4 is 10.1 Å². The number of aromatic hydroxyl groups is 1. The largest absolute Gasteiger partial charge is 0.507 e. The van der Waals surface area contributed by atoms with Crippen LogP contribution in [0.15, 0.2) is 66.3 Å². The van der Waals surface area contributed by atoms with Crippen LogP contribution in [-0.4, -0.2) is 111 Å². The van der Waals surface area contributed by atoms with Crippen LogP contribution in [0, 0.1) is 28.6 Å². The average Bonchev–Trinajstić information content (AvgIpc) is 4.42. The summed E-state index contributed by atoms with van der Waals surface area (Å²) in [7, 11) is 0. The Kier molecular flexibility index (Phi) is 9.23. The first kappa shape index (κ1) is 46.4. The van der Waals surface area contributed by atoms with Gasteiger partial charge in [0.25, 0.3) is 5.79 Å². The summed E-state index contributed by atoms with van der Waals surface area (Å²) < 4.78 is 14.9. The molecule has 8 bridgehead atoms. The van der Waals surface area contributed by atoms with Crippen molar-refractivity contribution in [2.45, 2.75) is 176 Å². The average molecular weight is 1030 g/mol. The minimum atomic E-state index is -2.44. The molecule has 4 aliphatic heterocycles. The number of rotatable bonds is 2. The van der Waals surface area contributed by atoms with Crippen molar-refractivity contribution in [2.24, 2.45) is 21.7 Å². The van der Waals surface area contributed by atoms with Gasteiger partial charge < -0.3 is 55.4 Å². The quantitative estimate of drug-likeness (QED) is 0.0800. The molecular formula is C61H65N5O10. The molecule has 8 aliphatic carbocycles. The number of H-pyrrole nitrogens is 2. The van der Waals surface area contributed by atoms with Gasteiger partial charge in [-0.1, -0.05) is 44.1 Å². The van der Waals surface area contributed by atoms with Crippen molar-refractivity contribution >= 4 is 33.7 Å². The van der Waals surface area contributed by atoms with E-state index in [0.717, 1.165) is 112 Å². The lowest BCUT2D eigenvalue weighted by molar-refractivity contribution is -0.366. The third-order valence-electron chi connectivity index (χ3n) is 22.4. The van der Waals surface area contributed by atoms with Crippen molar-refractivity contribution in [1.29, 1.82) is 0 Å². The zero-order valence-electron chi connectivity index (χ0n) is 42.8. The summed E-state index contributed by atoms with van der Waals surface area (Å²) in [6.07, 6.45) is 14.5. The van der Waals surface area contributed by atoms with Gasteiger partial charge in [-0.15, -0.1) is 0 Å². The molecule has 15 nitrogen and oxygen atoms in total. The molecule has 17 rings (SSSR count). The fraction of sp³-hybridized carbons (Fsp3) is 0.541. The first-order valence-electron chi connectivity index (χ1n) is 28.2. The van der Waals surface area contributed by atoms with E-state index in [1.807, 2.05) is 6.20 Å². The number of nitrogens with one attached hydrogen (secondary N) is 3. The minimum absolute atomic E-state index is 0.00535. The number of anilines is 1. The van der Waals surface area contributed by atoms with Crippen molar-refractivity contribution in [2.75, 3.05) is 11.9 Å². The molecule has 76 heavy (non-hydrogen) atoms. The molecule has 394 valence electrons. The molecule has 10 atom stereocenters. The summed E-state index contributed by atoms with van der Waals surface area (Å²) in [6, 6.07) is 8.59. The summed E-state index contributed by atoms with van der Waals surface area (Å²) in [5.41, 5.74) is 1.14. The second-order valence-electron chi connectivity index (χ2n) is 25.9. The van der Waals surface area contributed by atoms with Gasteiger partial charge >= 0.3 is 0 Å². The molecule has 5 aromatic rings. The second kappa shape index (κ2) is 15.1. The summed E-state index contributed by atoms with van der Waals surface area (Å²) in [6.45, 7) is 1.76. The van der Waals surface area contributed by atoms with E-state index in [2.05, 4.69) is 26.3 Å². The number of nitrogens with zero attached hydrogens (tertiary/aromatic N) is 2. The normalized spacial score (nSPS) is 36.6. The molecule has 0 amide bonds. The van der Waals surface area contributed by atoms with Gasteiger partial charge in [0.15, 0.2) is 17.5 Å². The van der Waals surface area contributed by atoms with Gasteiger partial charge in [0.1, 0.15) is 29.5 Å². The Labute approximate surface area is 439 Å². The molecule has 5 saturated carbocycles. The number of phenolic OH excluding ortho intramolecular Hbond substituents is 1. The highest BCUT2D eigenvalue weighted by atomic mass is 16.7. The van der Waals surface area contributed by atoms with Crippen LogP contribution in [0.5, 0.6) is 11.5 Å². The Bertz CT molecular complexity index is 3470. The Balaban J connectivity index is 1.04. The number of aromatic nitrogens is 4. The first-order valence-corrected chi connectivity index (χ1v) is 28.2. The van der Waals surface area contributed by atoms with Gasteiger partial charge in [-0.25, -0.2) is 9.97 Å². The lowest BCUT2D eigenvalue weighted by Crippen LogP contribution is -2.79. The lowest BCUT2D eigenvalue weighted by Gasteiger charge is -2.64. The highest BCUT2D eigenvalue weighted by molar-refractivity contribution is 6.34. The van der Waals surface area contributed by atoms with Gasteiger partial charge in [-0.2, -0.15) is 0 Å². The van der Waals surface area contributed by atoms with Gasteiger partial charge in [0.2, 0.25) is 5.78 Å². The smallest absolute Gasteiger partial charge is 0.261 e. The van der Waals surface area contributed by atoms with E-state index in [4.69, 9.17) is 14.5 Å². The number of hydrogen-bond donors (Lipinski definition) is 9. The third kappa shape index (κ3) is 5.54. The van der Waals surface area contributed by atoms with E-state index in [-0.39, 0.29) is 57.0 Å². The van der Waals surface area contributed by atoms with E-state index in [1.54, 1.807) is 43.7 Å². The number of fused-ring (bicyclic) bond motifs is 7. The van der Waals surface area contributed by atoms with Crippen LogP contribution in [-0.2, 0) is 10.2 Å².